The van der Waals surface area contributed by atoms with E-state index in [9.17, 15) is 0 Å². The van der Waals surface area contributed by atoms with Crippen LogP contribution in [0.1, 0.15) is 38.5 Å². The van der Waals surface area contributed by atoms with Gasteiger partial charge in [-0.2, -0.15) is 23.5 Å². The number of rotatable bonds is 5. The van der Waals surface area contributed by atoms with E-state index in [1.165, 1.54) is 44.3 Å². The first-order valence-corrected chi connectivity index (χ1v) is 10.9. The lowest BCUT2D eigenvalue weighted by atomic mass is 9.83. The van der Waals surface area contributed by atoms with Gasteiger partial charge in [0.05, 0.1) is 6.61 Å². The number of hydrogen-bond acceptors (Lipinski definition) is 5. The van der Waals surface area contributed by atoms with Crippen LogP contribution in [-0.2, 0) is 4.74 Å². The second-order valence-corrected chi connectivity index (χ2v) is 9.21. The summed E-state index contributed by atoms with van der Waals surface area (Å²) in [6.07, 6.45) is 10.8. The molecule has 0 aromatic heterocycles. The van der Waals surface area contributed by atoms with Gasteiger partial charge in [-0.1, -0.05) is 0 Å². The zero-order valence-electron chi connectivity index (χ0n) is 13.2. The van der Waals surface area contributed by atoms with E-state index in [2.05, 4.69) is 40.4 Å². The van der Waals surface area contributed by atoms with E-state index in [0.29, 0.717) is 6.04 Å². The second-order valence-electron chi connectivity index (χ2n) is 6.66. The number of piperazine rings is 1. The highest BCUT2D eigenvalue weighted by molar-refractivity contribution is 8.00. The van der Waals surface area contributed by atoms with Crippen molar-refractivity contribution in [2.24, 2.45) is 5.92 Å². The Morgan fingerprint density at radius 1 is 1.14 bits per heavy atom. The predicted octanol–water partition coefficient (Wildman–Crippen LogP) is 2.71. The molecule has 0 aromatic rings. The third-order valence-corrected chi connectivity index (χ3v) is 7.73. The van der Waals surface area contributed by atoms with Gasteiger partial charge in [-0.05, 0) is 56.5 Å². The smallest absolute Gasteiger partial charge is 0.121 e. The third-order valence-electron chi connectivity index (χ3n) is 5.22. The van der Waals surface area contributed by atoms with Gasteiger partial charge in [0.1, 0.15) is 6.23 Å². The highest BCUT2D eigenvalue weighted by Crippen LogP contribution is 2.33. The molecule has 3 unspecified atom stereocenters. The van der Waals surface area contributed by atoms with Gasteiger partial charge in [0.15, 0.2) is 0 Å². The average molecular weight is 331 g/mol. The number of nitrogens with one attached hydrogen (secondary N) is 2. The quantitative estimate of drug-likeness (QED) is 0.810. The van der Waals surface area contributed by atoms with Crippen LogP contribution in [0.15, 0.2) is 0 Å². The molecule has 1 saturated carbocycles. The molecule has 2 heterocycles. The highest BCUT2D eigenvalue weighted by Gasteiger charge is 2.31. The molecule has 0 bridgehead atoms. The Morgan fingerprint density at radius 3 is 2.71 bits per heavy atom. The van der Waals surface area contributed by atoms with Crippen molar-refractivity contribution in [2.75, 3.05) is 31.7 Å². The summed E-state index contributed by atoms with van der Waals surface area (Å²) < 4.78 is 6.13. The van der Waals surface area contributed by atoms with Gasteiger partial charge < -0.3 is 10.1 Å². The molecule has 1 aliphatic carbocycles. The number of ether oxygens (including phenoxy) is 1. The van der Waals surface area contributed by atoms with Gasteiger partial charge in [0.2, 0.25) is 0 Å². The largest absolute Gasteiger partial charge is 0.361 e. The first kappa shape index (κ1) is 16.4. The topological polar surface area (TPSA) is 33.3 Å². The molecule has 0 aromatic carbocycles. The van der Waals surface area contributed by atoms with Gasteiger partial charge in [-0.15, -0.1) is 0 Å². The highest BCUT2D eigenvalue weighted by atomic mass is 32.2. The molecule has 3 aliphatic rings. The SMILES string of the molecule is CSC1CCC(C2CNCC(OCC3CCCS3)N2)CC1. The fourth-order valence-electron chi connectivity index (χ4n) is 3.86. The summed E-state index contributed by atoms with van der Waals surface area (Å²) in [4.78, 5) is 0. The zero-order valence-corrected chi connectivity index (χ0v) is 14.8. The van der Waals surface area contributed by atoms with E-state index in [1.54, 1.807) is 0 Å². The van der Waals surface area contributed by atoms with Crippen LogP contribution in [0.3, 0.4) is 0 Å². The van der Waals surface area contributed by atoms with Crippen molar-refractivity contribution in [2.45, 2.75) is 61.3 Å². The predicted molar refractivity (Wildman–Crippen MR) is 94.3 cm³/mol. The Balaban J connectivity index is 1.40. The molecular formula is C16H30N2OS2. The molecule has 5 heteroatoms. The minimum absolute atomic E-state index is 0.225. The standard InChI is InChI=1S/C16H30N2OS2/c1-20-13-6-4-12(5-7-13)15-9-17-10-16(18-15)19-11-14-3-2-8-21-14/h12-18H,2-11H2,1H3. The van der Waals surface area contributed by atoms with Crippen LogP contribution in [0.4, 0.5) is 0 Å². The van der Waals surface area contributed by atoms with E-state index in [4.69, 9.17) is 4.74 Å². The fourth-order valence-corrected chi connectivity index (χ4v) is 5.78. The molecule has 21 heavy (non-hydrogen) atoms. The first-order valence-electron chi connectivity index (χ1n) is 8.58. The van der Waals surface area contributed by atoms with Crippen molar-refractivity contribution in [1.82, 2.24) is 10.6 Å². The van der Waals surface area contributed by atoms with Crippen molar-refractivity contribution in [3.63, 3.8) is 0 Å². The Labute approximate surface area is 138 Å². The van der Waals surface area contributed by atoms with E-state index >= 15 is 0 Å². The minimum Gasteiger partial charge on any atom is -0.361 e. The molecule has 0 amide bonds. The summed E-state index contributed by atoms with van der Waals surface area (Å²) in [7, 11) is 0. The van der Waals surface area contributed by atoms with Gasteiger partial charge in [0.25, 0.3) is 0 Å². The van der Waals surface area contributed by atoms with E-state index in [1.807, 2.05) is 0 Å². The van der Waals surface area contributed by atoms with Crippen molar-refractivity contribution in [3.05, 3.63) is 0 Å². The Hall–Kier alpha value is 0.580. The van der Waals surface area contributed by atoms with Gasteiger partial charge in [-0.3, -0.25) is 5.32 Å². The molecule has 122 valence electrons. The van der Waals surface area contributed by atoms with E-state index < -0.39 is 0 Å². The lowest BCUT2D eigenvalue weighted by Crippen LogP contribution is -2.59. The van der Waals surface area contributed by atoms with Gasteiger partial charge in [-0.25, -0.2) is 0 Å². The summed E-state index contributed by atoms with van der Waals surface area (Å²) in [6, 6.07) is 0.614. The molecule has 0 spiro atoms. The normalized spacial score (nSPS) is 41.3. The lowest BCUT2D eigenvalue weighted by molar-refractivity contribution is -0.000135. The third kappa shape index (κ3) is 4.77. The van der Waals surface area contributed by atoms with Crippen molar-refractivity contribution in [1.29, 1.82) is 0 Å². The number of thioether (sulfide) groups is 2. The summed E-state index contributed by atoms with van der Waals surface area (Å²) in [5.41, 5.74) is 0. The van der Waals surface area contributed by atoms with Crippen LogP contribution < -0.4 is 10.6 Å². The van der Waals surface area contributed by atoms with Crippen LogP contribution in [0, 0.1) is 5.92 Å². The number of hydrogen-bond donors (Lipinski definition) is 2. The maximum atomic E-state index is 6.13. The zero-order chi connectivity index (χ0) is 14.5. The molecule has 3 fully saturated rings. The summed E-state index contributed by atoms with van der Waals surface area (Å²) in [6.45, 7) is 3.01. The monoisotopic (exact) mass is 330 g/mol. The maximum absolute atomic E-state index is 6.13. The Morgan fingerprint density at radius 2 is 2.00 bits per heavy atom. The van der Waals surface area contributed by atoms with Gasteiger partial charge in [0, 0.05) is 29.6 Å². The average Bonchev–Trinajstić information content (AvgIpc) is 3.07. The molecule has 3 atom stereocenters. The van der Waals surface area contributed by atoms with E-state index in [-0.39, 0.29) is 6.23 Å². The van der Waals surface area contributed by atoms with E-state index in [0.717, 1.165) is 36.1 Å². The van der Waals surface area contributed by atoms with Crippen molar-refractivity contribution in [3.8, 4) is 0 Å². The molecule has 2 saturated heterocycles. The molecule has 3 nitrogen and oxygen atoms in total. The lowest BCUT2D eigenvalue weighted by Gasteiger charge is -2.39. The van der Waals surface area contributed by atoms with Crippen molar-refractivity contribution >= 4 is 23.5 Å². The second kappa shape index (κ2) is 8.44. The van der Waals surface area contributed by atoms with Crippen LogP contribution in [0.25, 0.3) is 0 Å². The van der Waals surface area contributed by atoms with Crippen LogP contribution in [0.5, 0.6) is 0 Å². The molecule has 3 rings (SSSR count). The summed E-state index contributed by atoms with van der Waals surface area (Å²) in [5.74, 6) is 2.17. The molecule has 2 N–H and O–H groups in total. The van der Waals surface area contributed by atoms with Crippen LogP contribution in [-0.4, -0.2) is 54.5 Å². The fraction of sp³-hybridized carbons (Fsp3) is 1.00. The van der Waals surface area contributed by atoms with Crippen LogP contribution in [0.2, 0.25) is 0 Å². The van der Waals surface area contributed by atoms with Crippen molar-refractivity contribution < 1.29 is 4.74 Å². The summed E-state index contributed by atoms with van der Waals surface area (Å²) >= 11 is 4.14. The Kier molecular flexibility index (Phi) is 6.60. The summed E-state index contributed by atoms with van der Waals surface area (Å²) in [5, 5.41) is 9.01. The van der Waals surface area contributed by atoms with Gasteiger partial charge >= 0.3 is 0 Å². The minimum atomic E-state index is 0.225. The molecule has 2 aliphatic heterocycles. The molecule has 0 radical (unpaired) electrons. The first-order chi connectivity index (χ1) is 10.3. The van der Waals surface area contributed by atoms with Crippen LogP contribution >= 0.6 is 23.5 Å². The molecular weight excluding hydrogens is 300 g/mol. The maximum Gasteiger partial charge on any atom is 0.121 e. The Bertz CT molecular complexity index is 305.